The predicted octanol–water partition coefficient (Wildman–Crippen LogP) is 3.73. The van der Waals surface area contributed by atoms with Crippen LogP contribution in [0, 0.1) is 0 Å². The maximum absolute atomic E-state index is 12.7. The molecular weight excluding hydrogens is 514 g/mol. The molecule has 1 aromatic heterocycles. The first-order valence-corrected chi connectivity index (χ1v) is 13.5. The zero-order chi connectivity index (χ0) is 25.5. The van der Waals surface area contributed by atoms with Crippen LogP contribution in [-0.4, -0.2) is 42.8 Å². The second-order valence-electron chi connectivity index (χ2n) is 8.78. The van der Waals surface area contributed by atoms with E-state index in [-0.39, 0.29) is 36.4 Å². The maximum atomic E-state index is 12.7. The normalized spacial score (nSPS) is 13.0. The minimum absolute atomic E-state index is 0. The van der Waals surface area contributed by atoms with Gasteiger partial charge in [-0.25, -0.2) is 13.4 Å². The minimum Gasteiger partial charge on any atom is -0.508 e. The number of phenolic OH excluding ortho intramolecular Hbond substituents is 1. The van der Waals surface area contributed by atoms with Gasteiger partial charge < -0.3 is 20.6 Å². The predicted molar refractivity (Wildman–Crippen MR) is 145 cm³/mol. The van der Waals surface area contributed by atoms with E-state index >= 15 is 0 Å². The molecule has 2 atom stereocenters. The number of nitrogens with one attached hydrogen (secondary N) is 1. The van der Waals surface area contributed by atoms with E-state index in [9.17, 15) is 18.3 Å². The molecule has 4 N–H and O–H groups in total. The molecule has 0 saturated carbocycles. The summed E-state index contributed by atoms with van der Waals surface area (Å²) in [5.41, 5.74) is 8.72. The van der Waals surface area contributed by atoms with E-state index in [1.807, 2.05) is 42.5 Å². The van der Waals surface area contributed by atoms with Crippen molar-refractivity contribution in [3.8, 4) is 5.75 Å². The fourth-order valence-corrected chi connectivity index (χ4v) is 5.54. The SMILES string of the molecule is Cl.NC(CS(=O)(=O)Cc1ccccc1)C(=O)NCC(CCc1ccccc1O)c1nc2ccccc2o1. The van der Waals surface area contributed by atoms with Gasteiger partial charge in [0.1, 0.15) is 11.3 Å². The molecule has 1 amide bonds. The number of halogens is 1. The number of amides is 1. The number of aryl methyl sites for hydroxylation is 1. The molecule has 4 aromatic rings. The highest BCUT2D eigenvalue weighted by Crippen LogP contribution is 2.27. The third-order valence-corrected chi connectivity index (χ3v) is 7.58. The standard InChI is InChI=1S/C27H29N3O5S.ClH/c28-22(18-36(33,34)17-19-8-2-1-3-9-19)26(32)29-16-21(15-14-20-10-4-6-12-24(20)31)27-30-23-11-5-7-13-25(23)35-27;/h1-13,21-22,31H,14-18,28H2,(H,29,32);1H. The summed E-state index contributed by atoms with van der Waals surface area (Å²) in [7, 11) is -3.58. The second kappa shape index (κ2) is 12.7. The van der Waals surface area contributed by atoms with Gasteiger partial charge >= 0.3 is 0 Å². The summed E-state index contributed by atoms with van der Waals surface area (Å²) >= 11 is 0. The summed E-state index contributed by atoms with van der Waals surface area (Å²) in [5, 5.41) is 12.9. The molecule has 0 radical (unpaired) electrons. The van der Waals surface area contributed by atoms with Gasteiger partial charge in [0.15, 0.2) is 21.3 Å². The number of carbonyl (C=O) groups excluding carboxylic acids is 1. The van der Waals surface area contributed by atoms with E-state index in [1.54, 1.807) is 36.4 Å². The third kappa shape index (κ3) is 7.79. The number of para-hydroxylation sites is 3. The highest BCUT2D eigenvalue weighted by Gasteiger charge is 2.25. The van der Waals surface area contributed by atoms with Gasteiger partial charge in [0.05, 0.1) is 23.5 Å². The molecule has 0 aliphatic rings. The number of aromatic hydroxyl groups is 1. The molecule has 37 heavy (non-hydrogen) atoms. The summed E-state index contributed by atoms with van der Waals surface area (Å²) in [4.78, 5) is 17.3. The van der Waals surface area contributed by atoms with E-state index in [0.29, 0.717) is 35.4 Å². The van der Waals surface area contributed by atoms with Crippen LogP contribution in [0.15, 0.2) is 83.3 Å². The van der Waals surface area contributed by atoms with E-state index in [1.165, 1.54) is 0 Å². The van der Waals surface area contributed by atoms with Crippen LogP contribution in [0.1, 0.15) is 29.4 Å². The van der Waals surface area contributed by atoms with Gasteiger partial charge in [0, 0.05) is 6.54 Å². The Morgan fingerprint density at radius 3 is 2.41 bits per heavy atom. The quantitative estimate of drug-likeness (QED) is 0.262. The van der Waals surface area contributed by atoms with Gasteiger partial charge in [-0.05, 0) is 42.2 Å². The average Bonchev–Trinajstić information content (AvgIpc) is 3.29. The zero-order valence-corrected chi connectivity index (χ0v) is 21.8. The van der Waals surface area contributed by atoms with Crippen LogP contribution in [0.2, 0.25) is 0 Å². The molecule has 0 fully saturated rings. The van der Waals surface area contributed by atoms with Gasteiger partial charge in [-0.1, -0.05) is 60.7 Å². The summed E-state index contributed by atoms with van der Waals surface area (Å²) in [5.74, 6) is -0.856. The Labute approximate surface area is 222 Å². The molecular formula is C27H30ClN3O5S. The van der Waals surface area contributed by atoms with Crippen molar-refractivity contribution >= 4 is 39.3 Å². The molecule has 1 heterocycles. The highest BCUT2D eigenvalue weighted by atomic mass is 35.5. The van der Waals surface area contributed by atoms with Crippen LogP contribution in [0.25, 0.3) is 11.1 Å². The number of hydrogen-bond acceptors (Lipinski definition) is 7. The van der Waals surface area contributed by atoms with Crippen molar-refractivity contribution in [1.29, 1.82) is 0 Å². The van der Waals surface area contributed by atoms with Crippen LogP contribution < -0.4 is 11.1 Å². The van der Waals surface area contributed by atoms with Crippen LogP contribution in [0.4, 0.5) is 0 Å². The van der Waals surface area contributed by atoms with Crippen molar-refractivity contribution in [2.24, 2.45) is 5.73 Å². The number of sulfone groups is 1. The lowest BCUT2D eigenvalue weighted by atomic mass is 9.98. The lowest BCUT2D eigenvalue weighted by Gasteiger charge is -2.17. The van der Waals surface area contributed by atoms with E-state index < -0.39 is 27.5 Å². The average molecular weight is 544 g/mol. The Morgan fingerprint density at radius 2 is 1.68 bits per heavy atom. The summed E-state index contributed by atoms with van der Waals surface area (Å²) in [6.45, 7) is 0.158. The summed E-state index contributed by atoms with van der Waals surface area (Å²) in [6.07, 6.45) is 1.07. The van der Waals surface area contributed by atoms with E-state index in [2.05, 4.69) is 10.3 Å². The van der Waals surface area contributed by atoms with Crippen molar-refractivity contribution < 1.29 is 22.7 Å². The fourth-order valence-electron chi connectivity index (χ4n) is 4.02. The number of nitrogens with zero attached hydrogens (tertiary/aromatic N) is 1. The summed E-state index contributed by atoms with van der Waals surface area (Å²) < 4.78 is 31.0. The first-order valence-electron chi connectivity index (χ1n) is 11.7. The molecule has 0 aliphatic carbocycles. The van der Waals surface area contributed by atoms with Gasteiger partial charge in [-0.2, -0.15) is 0 Å². The molecule has 0 aliphatic heterocycles. The number of carbonyl (C=O) groups is 1. The number of benzene rings is 3. The van der Waals surface area contributed by atoms with Gasteiger partial charge in [0.25, 0.3) is 0 Å². The van der Waals surface area contributed by atoms with Crippen molar-refractivity contribution in [3.63, 3.8) is 0 Å². The highest BCUT2D eigenvalue weighted by molar-refractivity contribution is 7.90. The van der Waals surface area contributed by atoms with Crippen molar-refractivity contribution in [1.82, 2.24) is 10.3 Å². The minimum atomic E-state index is -3.58. The maximum Gasteiger partial charge on any atom is 0.237 e. The molecule has 0 spiro atoms. The smallest absolute Gasteiger partial charge is 0.237 e. The number of phenols is 1. The lowest BCUT2D eigenvalue weighted by Crippen LogP contribution is -2.46. The van der Waals surface area contributed by atoms with Gasteiger partial charge in [-0.3, -0.25) is 4.79 Å². The summed E-state index contributed by atoms with van der Waals surface area (Å²) in [6, 6.07) is 22.0. The van der Waals surface area contributed by atoms with Crippen molar-refractivity contribution in [2.45, 2.75) is 30.6 Å². The topological polar surface area (TPSA) is 136 Å². The lowest BCUT2D eigenvalue weighted by molar-refractivity contribution is -0.122. The number of rotatable bonds is 11. The van der Waals surface area contributed by atoms with Crippen molar-refractivity contribution in [3.05, 3.63) is 95.9 Å². The molecule has 0 bridgehead atoms. The molecule has 3 aromatic carbocycles. The first kappa shape index (κ1) is 28.2. The van der Waals surface area contributed by atoms with Crippen molar-refractivity contribution in [2.75, 3.05) is 12.3 Å². The third-order valence-electron chi connectivity index (χ3n) is 5.94. The zero-order valence-electron chi connectivity index (χ0n) is 20.1. The largest absolute Gasteiger partial charge is 0.508 e. The molecule has 4 rings (SSSR count). The molecule has 10 heteroatoms. The molecule has 2 unspecified atom stereocenters. The number of fused-ring (bicyclic) bond motifs is 1. The fraction of sp³-hybridized carbons (Fsp3) is 0.259. The van der Waals surface area contributed by atoms with Crippen LogP contribution in [0.5, 0.6) is 5.75 Å². The molecule has 8 nitrogen and oxygen atoms in total. The van der Waals surface area contributed by atoms with E-state index in [4.69, 9.17) is 10.2 Å². The second-order valence-corrected chi connectivity index (χ2v) is 10.9. The Kier molecular flexibility index (Phi) is 9.68. The Morgan fingerprint density at radius 1 is 1.00 bits per heavy atom. The number of nitrogens with two attached hydrogens (primary N) is 1. The van der Waals surface area contributed by atoms with Gasteiger partial charge in [0.2, 0.25) is 5.91 Å². The number of hydrogen-bond donors (Lipinski definition) is 3. The number of oxazole rings is 1. The molecule has 0 saturated heterocycles. The van der Waals surface area contributed by atoms with Gasteiger partial charge in [-0.15, -0.1) is 12.4 Å². The number of aromatic nitrogens is 1. The van der Waals surface area contributed by atoms with E-state index in [0.717, 1.165) is 5.56 Å². The Bertz CT molecular complexity index is 1390. The Hall–Kier alpha value is -3.40. The Balaban J connectivity index is 0.00000380. The van der Waals surface area contributed by atoms with Crippen LogP contribution in [0.3, 0.4) is 0 Å². The monoisotopic (exact) mass is 543 g/mol. The van der Waals surface area contributed by atoms with Crippen LogP contribution >= 0.6 is 12.4 Å². The first-order chi connectivity index (χ1) is 17.3. The molecule has 196 valence electrons. The van der Waals surface area contributed by atoms with Crippen LogP contribution in [-0.2, 0) is 26.8 Å².